The molecule has 0 spiro atoms. The first-order valence-corrected chi connectivity index (χ1v) is 11.8. The Morgan fingerprint density at radius 3 is 1.78 bits per heavy atom. The lowest BCUT2D eigenvalue weighted by Crippen LogP contribution is -2.30. The minimum Gasteiger partial charge on any atom is -0.304 e. The van der Waals surface area contributed by atoms with Crippen LogP contribution in [0.1, 0.15) is 32.6 Å². The second-order valence-corrected chi connectivity index (χ2v) is 8.74. The molecule has 0 saturated carbocycles. The number of carbonyl (C=O) groups is 1. The van der Waals surface area contributed by atoms with Crippen LogP contribution in [0.4, 0.5) is 13.2 Å². The molecule has 2 nitrogen and oxygen atoms in total. The average Bonchev–Trinajstić information content (AvgIpc) is 2.93. The third kappa shape index (κ3) is 4.68. The largest absolute Gasteiger partial charge is 0.417 e. The van der Waals surface area contributed by atoms with E-state index in [1.54, 1.807) is 60.7 Å². The molecule has 0 aromatic heterocycles. The number of hydrogen-bond donors (Lipinski definition) is 1. The number of allylic oxidation sites excluding steroid dienone is 4. The van der Waals surface area contributed by atoms with Crippen LogP contribution in [0.2, 0.25) is 0 Å². The van der Waals surface area contributed by atoms with Gasteiger partial charge in [-0.05, 0) is 40.0 Å². The van der Waals surface area contributed by atoms with Gasteiger partial charge in [0.15, 0.2) is 5.78 Å². The first kappa shape index (κ1) is 24.2. The zero-order valence-corrected chi connectivity index (χ0v) is 19.7. The van der Waals surface area contributed by atoms with Gasteiger partial charge >= 0.3 is 6.18 Å². The summed E-state index contributed by atoms with van der Waals surface area (Å²) in [7, 11) is 0. The van der Waals surface area contributed by atoms with E-state index in [1.165, 1.54) is 18.2 Å². The van der Waals surface area contributed by atoms with Gasteiger partial charge in [-0.2, -0.15) is 13.2 Å². The summed E-state index contributed by atoms with van der Waals surface area (Å²) in [4.78, 5) is 13.9. The summed E-state index contributed by atoms with van der Waals surface area (Å²) in [5.41, 5.74) is 1.82. The van der Waals surface area contributed by atoms with Crippen molar-refractivity contribution in [1.82, 2.24) is 0 Å². The molecule has 4 aromatic carbocycles. The molecule has 1 N–H and O–H groups in total. The minimum absolute atomic E-state index is 0.105. The Labute approximate surface area is 212 Å². The van der Waals surface area contributed by atoms with Crippen LogP contribution in [-0.2, 0) is 6.18 Å². The zero-order valence-electron chi connectivity index (χ0n) is 19.7. The molecular weight excluding hydrogens is 471 g/mol. The summed E-state index contributed by atoms with van der Waals surface area (Å²) in [6.45, 7) is 0. The van der Waals surface area contributed by atoms with Gasteiger partial charge in [-0.1, -0.05) is 109 Å². The summed E-state index contributed by atoms with van der Waals surface area (Å²) < 4.78 is 42.4. The van der Waals surface area contributed by atoms with Crippen molar-refractivity contribution in [2.45, 2.75) is 6.18 Å². The lowest BCUT2D eigenvalue weighted by molar-refractivity contribution is -0.137. The Kier molecular flexibility index (Phi) is 6.45. The predicted molar refractivity (Wildman–Crippen MR) is 141 cm³/mol. The number of hydrogen-bond acceptors (Lipinski definition) is 2. The molecule has 5 heteroatoms. The summed E-state index contributed by atoms with van der Waals surface area (Å²) in [5, 5.41) is 9.29. The number of halogens is 3. The highest BCUT2D eigenvalue weighted by molar-refractivity contribution is 6.42. The van der Waals surface area contributed by atoms with Crippen molar-refractivity contribution in [1.29, 1.82) is 5.41 Å². The van der Waals surface area contributed by atoms with Crippen molar-refractivity contribution in [3.8, 4) is 0 Å². The Balaban J connectivity index is 1.83. The molecule has 0 saturated heterocycles. The molecule has 0 aliphatic heterocycles. The topological polar surface area (TPSA) is 40.9 Å². The molecule has 1 atom stereocenters. The molecule has 0 heterocycles. The van der Waals surface area contributed by atoms with Crippen LogP contribution in [-0.4, -0.2) is 11.5 Å². The molecule has 0 amide bonds. The third-order valence-corrected chi connectivity index (χ3v) is 6.45. The van der Waals surface area contributed by atoms with Crippen LogP contribution in [0, 0.1) is 11.3 Å². The number of rotatable bonds is 5. The molecule has 4 aromatic rings. The average molecular weight is 494 g/mol. The van der Waals surface area contributed by atoms with Crippen LogP contribution in [0.5, 0.6) is 0 Å². The van der Waals surface area contributed by atoms with Gasteiger partial charge in [0.1, 0.15) is 0 Å². The van der Waals surface area contributed by atoms with Crippen LogP contribution in [0.3, 0.4) is 0 Å². The molecule has 0 bridgehead atoms. The molecule has 0 fully saturated rings. The second kappa shape index (κ2) is 9.86. The fourth-order valence-corrected chi connectivity index (χ4v) is 4.76. The highest BCUT2D eigenvalue weighted by Gasteiger charge is 2.40. The van der Waals surface area contributed by atoms with Gasteiger partial charge in [-0.25, -0.2) is 0 Å². The molecule has 5 rings (SSSR count). The smallest absolute Gasteiger partial charge is 0.304 e. The Morgan fingerprint density at radius 1 is 0.676 bits per heavy atom. The SMILES string of the molecule is N=C1C(c2ccccc2C(F)(F)F)=C(c2ccccc2)C=C(c2ccccc2)C1C(=O)c1ccccc1. The lowest BCUT2D eigenvalue weighted by atomic mass is 9.72. The van der Waals surface area contributed by atoms with E-state index in [9.17, 15) is 23.4 Å². The summed E-state index contributed by atoms with van der Waals surface area (Å²) in [5.74, 6) is -1.41. The van der Waals surface area contributed by atoms with Crippen LogP contribution >= 0.6 is 0 Å². The van der Waals surface area contributed by atoms with Crippen molar-refractivity contribution in [3.63, 3.8) is 0 Å². The van der Waals surface area contributed by atoms with E-state index in [0.29, 0.717) is 22.3 Å². The summed E-state index contributed by atoms with van der Waals surface area (Å²) in [6, 6.07) is 32.1. The molecular formula is C32H22F3NO. The van der Waals surface area contributed by atoms with Gasteiger partial charge in [0.2, 0.25) is 0 Å². The summed E-state index contributed by atoms with van der Waals surface area (Å²) >= 11 is 0. The number of nitrogens with one attached hydrogen (secondary N) is 1. The fraction of sp³-hybridized carbons (Fsp3) is 0.0625. The predicted octanol–water partition coefficient (Wildman–Crippen LogP) is 8.23. The summed E-state index contributed by atoms with van der Waals surface area (Å²) in [6.07, 6.45) is -2.86. The van der Waals surface area contributed by atoms with E-state index in [2.05, 4.69) is 0 Å². The van der Waals surface area contributed by atoms with Crippen molar-refractivity contribution in [2.24, 2.45) is 5.92 Å². The number of benzene rings is 4. The van der Waals surface area contributed by atoms with Gasteiger partial charge in [-0.3, -0.25) is 4.79 Å². The van der Waals surface area contributed by atoms with E-state index < -0.39 is 17.7 Å². The van der Waals surface area contributed by atoms with Crippen LogP contribution in [0.25, 0.3) is 16.7 Å². The fourth-order valence-electron chi connectivity index (χ4n) is 4.76. The van der Waals surface area contributed by atoms with Crippen molar-refractivity contribution in [3.05, 3.63) is 149 Å². The molecule has 182 valence electrons. The minimum atomic E-state index is -4.63. The van der Waals surface area contributed by atoms with Gasteiger partial charge in [0, 0.05) is 11.1 Å². The molecule has 0 radical (unpaired) electrons. The maximum atomic E-state index is 14.1. The Bertz CT molecular complexity index is 1520. The quantitative estimate of drug-likeness (QED) is 0.280. The standard InChI is InChI=1S/C32H22F3NO/c33-32(34,35)27-19-11-10-18-24(27)28-25(21-12-4-1-5-13-21)20-26(22-14-6-2-7-15-22)29(30(28)36)31(37)23-16-8-3-9-17-23/h1-20,29,36H. The second-order valence-electron chi connectivity index (χ2n) is 8.74. The maximum absolute atomic E-state index is 14.1. The van der Waals surface area contributed by atoms with Gasteiger partial charge < -0.3 is 5.41 Å². The van der Waals surface area contributed by atoms with E-state index >= 15 is 0 Å². The van der Waals surface area contributed by atoms with Crippen LogP contribution in [0.15, 0.2) is 121 Å². The highest BCUT2D eigenvalue weighted by atomic mass is 19.4. The Hall–Kier alpha value is -4.51. The zero-order chi connectivity index (χ0) is 26.0. The molecule has 1 aliphatic carbocycles. The molecule has 1 aliphatic rings. The number of ketones is 1. The van der Waals surface area contributed by atoms with Crippen molar-refractivity contribution >= 4 is 28.2 Å². The van der Waals surface area contributed by atoms with E-state index in [0.717, 1.165) is 11.6 Å². The number of Topliss-reactive ketones (excluding diaryl/α,β-unsaturated/α-hetero) is 1. The van der Waals surface area contributed by atoms with E-state index in [-0.39, 0.29) is 22.6 Å². The third-order valence-electron chi connectivity index (χ3n) is 6.45. The molecule has 1 unspecified atom stereocenters. The van der Waals surface area contributed by atoms with Crippen LogP contribution < -0.4 is 0 Å². The normalized spacial score (nSPS) is 15.9. The van der Waals surface area contributed by atoms with E-state index in [1.807, 2.05) is 36.4 Å². The van der Waals surface area contributed by atoms with Gasteiger partial charge in [0.05, 0.1) is 17.2 Å². The first-order chi connectivity index (χ1) is 17.9. The monoisotopic (exact) mass is 493 g/mol. The van der Waals surface area contributed by atoms with Gasteiger partial charge in [0.25, 0.3) is 0 Å². The van der Waals surface area contributed by atoms with Gasteiger partial charge in [-0.15, -0.1) is 0 Å². The molecule has 37 heavy (non-hydrogen) atoms. The maximum Gasteiger partial charge on any atom is 0.417 e. The van der Waals surface area contributed by atoms with E-state index in [4.69, 9.17) is 0 Å². The first-order valence-electron chi connectivity index (χ1n) is 11.8. The Morgan fingerprint density at radius 2 is 1.19 bits per heavy atom. The lowest BCUT2D eigenvalue weighted by Gasteiger charge is -2.30. The highest BCUT2D eigenvalue weighted by Crippen LogP contribution is 2.45. The van der Waals surface area contributed by atoms with Crippen molar-refractivity contribution < 1.29 is 18.0 Å². The van der Waals surface area contributed by atoms with Crippen molar-refractivity contribution in [2.75, 3.05) is 0 Å². The number of carbonyl (C=O) groups excluding carboxylic acids is 1. The number of alkyl halides is 3.